The number of rotatable bonds is 3. The van der Waals surface area contributed by atoms with Gasteiger partial charge < -0.3 is 10.1 Å². The third-order valence-electron chi connectivity index (χ3n) is 2.10. The summed E-state index contributed by atoms with van der Waals surface area (Å²) >= 11 is 0. The Balaban J connectivity index is 2.62. The molecule has 72 valence electrons. The van der Waals surface area contributed by atoms with Gasteiger partial charge >= 0.3 is 6.09 Å². The monoisotopic (exact) mass is 183 g/mol. The molecule has 0 heterocycles. The number of Topliss-reactive ketones (excluding diaryl/α,β-unsaturated/α-hetero) is 1. The van der Waals surface area contributed by atoms with Crippen LogP contribution >= 0.6 is 0 Å². The number of nitrogens with one attached hydrogen (secondary N) is 1. The van der Waals surface area contributed by atoms with Crippen LogP contribution < -0.4 is 5.32 Å². The van der Waals surface area contributed by atoms with Gasteiger partial charge in [0.15, 0.2) is 5.78 Å². The lowest BCUT2D eigenvalue weighted by Gasteiger charge is -2.14. The lowest BCUT2D eigenvalue weighted by Crippen LogP contribution is -2.43. The van der Waals surface area contributed by atoms with E-state index < -0.39 is 11.6 Å². The van der Waals surface area contributed by atoms with Crippen LogP contribution in [0.3, 0.4) is 0 Å². The lowest BCUT2D eigenvalue weighted by atomic mass is 10.1. The average Bonchev–Trinajstić information content (AvgIpc) is 2.84. The Hall–Kier alpha value is -1.32. The van der Waals surface area contributed by atoms with Crippen LogP contribution in [0.4, 0.5) is 4.79 Å². The van der Waals surface area contributed by atoms with E-state index in [0.29, 0.717) is 18.4 Å². The summed E-state index contributed by atoms with van der Waals surface area (Å²) in [5, 5.41) is 2.53. The molecular formula is C9H13NO3. The van der Waals surface area contributed by atoms with E-state index in [4.69, 9.17) is 0 Å². The van der Waals surface area contributed by atoms with E-state index in [2.05, 4.69) is 16.6 Å². The minimum Gasteiger partial charge on any atom is -0.453 e. The van der Waals surface area contributed by atoms with Gasteiger partial charge in [-0.2, -0.15) is 0 Å². The first-order valence-corrected chi connectivity index (χ1v) is 4.08. The fourth-order valence-electron chi connectivity index (χ4n) is 1.19. The second-order valence-electron chi connectivity index (χ2n) is 3.31. The normalized spacial score (nSPS) is 17.4. The third kappa shape index (κ3) is 1.88. The predicted molar refractivity (Wildman–Crippen MR) is 47.3 cm³/mol. The summed E-state index contributed by atoms with van der Waals surface area (Å²) in [5.74, 6) is -0.0992. The number of ether oxygens (including phenoxy) is 1. The highest BCUT2D eigenvalue weighted by Crippen LogP contribution is 2.38. The van der Waals surface area contributed by atoms with Crippen molar-refractivity contribution >= 4 is 11.9 Å². The van der Waals surface area contributed by atoms with E-state index in [1.807, 2.05) is 0 Å². The zero-order valence-electron chi connectivity index (χ0n) is 7.85. The topological polar surface area (TPSA) is 55.4 Å². The molecule has 4 nitrogen and oxygen atoms in total. The highest BCUT2D eigenvalue weighted by molar-refractivity contribution is 6.05. The molecule has 4 heteroatoms. The molecule has 0 aromatic rings. The Morgan fingerprint density at radius 1 is 1.46 bits per heavy atom. The molecule has 0 atom stereocenters. The Bertz CT molecular complexity index is 266. The van der Waals surface area contributed by atoms with Gasteiger partial charge in [0.05, 0.1) is 7.11 Å². The molecule has 0 unspecified atom stereocenters. The quantitative estimate of drug-likeness (QED) is 0.664. The molecule has 1 N–H and O–H groups in total. The molecule has 13 heavy (non-hydrogen) atoms. The van der Waals surface area contributed by atoms with E-state index in [0.717, 1.165) is 0 Å². The molecule has 1 aliphatic rings. The van der Waals surface area contributed by atoms with Crippen molar-refractivity contribution in [1.29, 1.82) is 0 Å². The number of carbonyl (C=O) groups is 2. The molecule has 0 aromatic carbocycles. The first-order valence-electron chi connectivity index (χ1n) is 4.08. The fraction of sp³-hybridized carbons (Fsp3) is 0.556. The highest BCUT2D eigenvalue weighted by Gasteiger charge is 2.51. The average molecular weight is 183 g/mol. The molecule has 1 fully saturated rings. The van der Waals surface area contributed by atoms with Crippen LogP contribution in [0, 0.1) is 0 Å². The van der Waals surface area contributed by atoms with Crippen LogP contribution in [-0.4, -0.2) is 24.5 Å². The number of methoxy groups -OCH3 is 1. The molecule has 0 bridgehead atoms. The van der Waals surface area contributed by atoms with Crippen LogP contribution in [0.15, 0.2) is 12.2 Å². The summed E-state index contributed by atoms with van der Waals surface area (Å²) in [4.78, 5) is 22.4. The lowest BCUT2D eigenvalue weighted by molar-refractivity contribution is -0.118. The summed E-state index contributed by atoms with van der Waals surface area (Å²) in [6.45, 7) is 5.19. The van der Waals surface area contributed by atoms with Gasteiger partial charge in [-0.25, -0.2) is 4.79 Å². The maximum atomic E-state index is 11.5. The molecule has 0 aromatic heterocycles. The number of alkyl carbamates (subject to hydrolysis) is 1. The number of hydrogen-bond donors (Lipinski definition) is 1. The van der Waals surface area contributed by atoms with Gasteiger partial charge in [-0.3, -0.25) is 4.79 Å². The number of ketones is 1. The van der Waals surface area contributed by atoms with Gasteiger partial charge in [0.1, 0.15) is 5.54 Å². The Labute approximate surface area is 76.9 Å². The minimum atomic E-state index is -0.709. The molecule has 1 amide bonds. The largest absolute Gasteiger partial charge is 0.453 e. The maximum Gasteiger partial charge on any atom is 0.407 e. The SMILES string of the molecule is C=C(C)C(=O)C1(NC(=O)OC)CC1. The Morgan fingerprint density at radius 2 is 2.00 bits per heavy atom. The second kappa shape index (κ2) is 3.20. The molecule has 1 rings (SSSR count). The summed E-state index contributed by atoms with van der Waals surface area (Å²) in [7, 11) is 1.27. The first-order chi connectivity index (χ1) is 6.02. The van der Waals surface area contributed by atoms with Gasteiger partial charge in [-0.1, -0.05) is 6.58 Å². The van der Waals surface area contributed by atoms with Crippen molar-refractivity contribution in [2.45, 2.75) is 25.3 Å². The second-order valence-corrected chi connectivity index (χ2v) is 3.31. The summed E-state index contributed by atoms with van der Waals surface area (Å²) in [5.41, 5.74) is -0.243. The summed E-state index contributed by atoms with van der Waals surface area (Å²) in [6, 6.07) is 0. The van der Waals surface area contributed by atoms with E-state index in [1.165, 1.54) is 7.11 Å². The van der Waals surface area contributed by atoms with E-state index in [-0.39, 0.29) is 5.78 Å². The predicted octanol–water partition coefficient (Wildman–Crippen LogP) is 1.02. The molecular weight excluding hydrogens is 170 g/mol. The zero-order valence-corrected chi connectivity index (χ0v) is 7.85. The Kier molecular flexibility index (Phi) is 2.40. The molecule has 0 radical (unpaired) electrons. The summed E-state index contributed by atoms with van der Waals surface area (Å²) < 4.78 is 4.42. The minimum absolute atomic E-state index is 0.0992. The number of amides is 1. The van der Waals surface area contributed by atoms with Crippen molar-refractivity contribution < 1.29 is 14.3 Å². The zero-order chi connectivity index (χ0) is 10.1. The third-order valence-corrected chi connectivity index (χ3v) is 2.10. The van der Waals surface area contributed by atoms with Crippen molar-refractivity contribution in [3.05, 3.63) is 12.2 Å². The maximum absolute atomic E-state index is 11.5. The number of carbonyl (C=O) groups excluding carboxylic acids is 2. The number of hydrogen-bond acceptors (Lipinski definition) is 3. The van der Waals surface area contributed by atoms with E-state index in [9.17, 15) is 9.59 Å². The van der Waals surface area contributed by atoms with Crippen LogP contribution in [0.25, 0.3) is 0 Å². The Morgan fingerprint density at radius 3 is 2.31 bits per heavy atom. The molecule has 0 aliphatic heterocycles. The fourth-order valence-corrected chi connectivity index (χ4v) is 1.19. The van der Waals surface area contributed by atoms with Crippen LogP contribution in [0.1, 0.15) is 19.8 Å². The van der Waals surface area contributed by atoms with Gasteiger partial charge in [0.25, 0.3) is 0 Å². The van der Waals surface area contributed by atoms with Gasteiger partial charge in [0, 0.05) is 0 Å². The van der Waals surface area contributed by atoms with Crippen molar-refractivity contribution in [2.24, 2.45) is 0 Å². The van der Waals surface area contributed by atoms with Gasteiger partial charge in [-0.05, 0) is 25.3 Å². The molecule has 0 saturated heterocycles. The van der Waals surface area contributed by atoms with E-state index >= 15 is 0 Å². The van der Waals surface area contributed by atoms with Crippen molar-refractivity contribution in [1.82, 2.24) is 5.32 Å². The summed E-state index contributed by atoms with van der Waals surface area (Å²) in [6.07, 6.45) is 0.786. The van der Waals surface area contributed by atoms with Crippen molar-refractivity contribution in [2.75, 3.05) is 7.11 Å². The van der Waals surface area contributed by atoms with Crippen LogP contribution in [-0.2, 0) is 9.53 Å². The standard InChI is InChI=1S/C9H13NO3/c1-6(2)7(11)9(4-5-9)10-8(12)13-3/h1,4-5H2,2-3H3,(H,10,12). The van der Waals surface area contributed by atoms with Crippen LogP contribution in [0.5, 0.6) is 0 Å². The van der Waals surface area contributed by atoms with Crippen molar-refractivity contribution in [3.8, 4) is 0 Å². The molecule has 0 spiro atoms. The smallest absolute Gasteiger partial charge is 0.407 e. The first kappa shape index (κ1) is 9.77. The van der Waals surface area contributed by atoms with Gasteiger partial charge in [-0.15, -0.1) is 0 Å². The van der Waals surface area contributed by atoms with Crippen LogP contribution in [0.2, 0.25) is 0 Å². The molecule has 1 saturated carbocycles. The highest BCUT2D eigenvalue weighted by atomic mass is 16.5. The van der Waals surface area contributed by atoms with Crippen molar-refractivity contribution in [3.63, 3.8) is 0 Å². The van der Waals surface area contributed by atoms with Gasteiger partial charge in [0.2, 0.25) is 0 Å². The molecule has 1 aliphatic carbocycles. The van der Waals surface area contributed by atoms with E-state index in [1.54, 1.807) is 6.92 Å².